The summed E-state index contributed by atoms with van der Waals surface area (Å²) in [6.45, 7) is 20.5. The van der Waals surface area contributed by atoms with Crippen LogP contribution >= 0.6 is 35.6 Å². The van der Waals surface area contributed by atoms with Crippen molar-refractivity contribution < 1.29 is 67.6 Å². The molecule has 6 aliphatic heterocycles. The molecule has 6 fully saturated rings. The fraction of sp³-hybridized carbons (Fsp3) is 0.424. The minimum absolute atomic E-state index is 0. The van der Waals surface area contributed by atoms with Crippen LogP contribution in [0.2, 0.25) is 5.15 Å². The molecule has 6 aliphatic rings. The van der Waals surface area contributed by atoms with Gasteiger partial charge in [-0.15, -0.1) is 24.0 Å². The number of hydrogen-bond donors (Lipinski definition) is 2. The number of imidazole rings is 3. The van der Waals surface area contributed by atoms with E-state index in [0.717, 1.165) is 77.5 Å². The van der Waals surface area contributed by atoms with Crippen LogP contribution < -0.4 is 28.9 Å². The predicted octanol–water partition coefficient (Wildman–Crippen LogP) is 15.9. The molecular weight excluding hydrogens is 1790 g/mol. The summed E-state index contributed by atoms with van der Waals surface area (Å²) >= 11 is 5.96. The van der Waals surface area contributed by atoms with Crippen molar-refractivity contribution in [3.8, 4) is 52.0 Å². The lowest BCUT2D eigenvalue weighted by atomic mass is 10.00. The minimum Gasteiger partial charge on any atom is -0.508 e. The molecule has 13 aromatic rings. The molecule has 6 atom stereocenters. The van der Waals surface area contributed by atoms with Crippen molar-refractivity contribution in [1.82, 2.24) is 88.2 Å². The van der Waals surface area contributed by atoms with E-state index in [-0.39, 0.29) is 162 Å². The first-order chi connectivity index (χ1) is 61.2. The number of carbonyl (C=O) groups is 3. The number of amides is 3. The van der Waals surface area contributed by atoms with Gasteiger partial charge in [0, 0.05) is 148 Å². The maximum atomic E-state index is 16.6. The second kappa shape index (κ2) is 36.6. The van der Waals surface area contributed by atoms with E-state index in [1.807, 2.05) is 184 Å². The van der Waals surface area contributed by atoms with Gasteiger partial charge in [-0.2, -0.15) is 29.9 Å². The number of nitrogens with zero attached hydrogens (tertiary/aromatic N) is 21. The van der Waals surface area contributed by atoms with Gasteiger partial charge in [0.15, 0.2) is 22.6 Å². The molecule has 19 rings (SSSR count). The van der Waals surface area contributed by atoms with E-state index in [9.17, 15) is 29.0 Å². The second-order valence-electron chi connectivity index (χ2n) is 36.1. The molecule has 6 bridgehead atoms. The van der Waals surface area contributed by atoms with E-state index in [0.29, 0.717) is 103 Å². The third-order valence-electron chi connectivity index (χ3n) is 23.7. The van der Waals surface area contributed by atoms with Gasteiger partial charge in [-0.3, -0.25) is 24.7 Å². The van der Waals surface area contributed by atoms with Crippen molar-refractivity contribution in [2.45, 2.75) is 173 Å². The number of phenolic OH excluding ortho intramolecular Hbond substituents is 2. The van der Waals surface area contributed by atoms with Crippen molar-refractivity contribution in [1.29, 1.82) is 0 Å². The van der Waals surface area contributed by atoms with Crippen LogP contribution in [0.5, 0.6) is 29.5 Å². The molecule has 0 spiro atoms. The average Bonchev–Trinajstić information content (AvgIpc) is 1.47. The molecule has 2 N–H and O–H groups in total. The van der Waals surface area contributed by atoms with Gasteiger partial charge in [-0.05, 0) is 147 Å². The second-order valence-corrected chi connectivity index (χ2v) is 36.5. The Balaban J connectivity index is 0.000000150. The highest BCUT2D eigenvalue weighted by molar-refractivity contribution is 14.0. The van der Waals surface area contributed by atoms with Crippen LogP contribution in [0.4, 0.5) is 45.0 Å². The average molecular weight is 1900 g/mol. The summed E-state index contributed by atoms with van der Waals surface area (Å²) in [5, 5.41) is 25.0. The standard InChI is InChI=1S/2C34H36FN7O4.C24H29ClFN7O3.HI.H2/c2*1-34(2,3)46-33(44)42-21-9-10-22(42)19-41(18-21)31-26-17-37-29(25-16-23(43)15-20-7-5-6-8-24(20)25)28(35)30(26)38-32(39-31)45-14-11-27-36-12-13-40(27)4;1-24(2,3)36-23(34)33-14-5-6-15(33)13-32(12-14)21-16-11-28-20(25)18(26)19(16)29-22(30-21)35-10-7-17-27-8-9-31(17)4;;/h2*5-8,12-13,15-17,21-22,43H,9-11,14,18-19H2,1-4H3;8-9,11,14-15H,5-7,10,12-13H2,1-4H3;2*1H. The summed E-state index contributed by atoms with van der Waals surface area (Å²) < 4.78 is 89.0. The minimum atomic E-state index is -0.720. The van der Waals surface area contributed by atoms with Crippen molar-refractivity contribution in [2.75, 3.05) is 73.8 Å². The van der Waals surface area contributed by atoms with E-state index < -0.39 is 34.3 Å². The van der Waals surface area contributed by atoms with Gasteiger partial charge >= 0.3 is 36.3 Å². The zero-order valence-corrected chi connectivity index (χ0v) is 76.8. The van der Waals surface area contributed by atoms with Gasteiger partial charge in [0.05, 0.1) is 72.2 Å². The van der Waals surface area contributed by atoms with Gasteiger partial charge < -0.3 is 67.0 Å². The Morgan fingerprint density at radius 2 is 0.713 bits per heavy atom. The van der Waals surface area contributed by atoms with Gasteiger partial charge in [-0.25, -0.2) is 47.5 Å². The summed E-state index contributed by atoms with van der Waals surface area (Å²) in [6.07, 6.45) is 21.1. The number of benzene rings is 4. The Bertz CT molecular complexity index is 6090. The molecule has 32 nitrogen and oxygen atoms in total. The van der Waals surface area contributed by atoms with Crippen LogP contribution in [0.3, 0.4) is 0 Å². The largest absolute Gasteiger partial charge is 0.508 e. The number of pyridine rings is 3. The van der Waals surface area contributed by atoms with E-state index in [1.54, 1.807) is 43.1 Å². The molecule has 0 saturated carbocycles. The highest BCUT2D eigenvalue weighted by atomic mass is 127. The molecule has 6 saturated heterocycles. The molecule has 3 amide bonds. The van der Waals surface area contributed by atoms with E-state index >= 15 is 8.78 Å². The molecule has 15 heterocycles. The quantitative estimate of drug-likeness (QED) is 0.0486. The number of aromatic hydroxyl groups is 2. The predicted molar refractivity (Wildman–Crippen MR) is 492 cm³/mol. The lowest BCUT2D eigenvalue weighted by molar-refractivity contribution is 0.0111. The number of rotatable bonds is 17. The first-order valence-electron chi connectivity index (χ1n) is 43.0. The van der Waals surface area contributed by atoms with Gasteiger partial charge in [0.25, 0.3) is 0 Å². The summed E-state index contributed by atoms with van der Waals surface area (Å²) in [6, 6.07) is 20.9. The monoisotopic (exact) mass is 1900 g/mol. The first kappa shape index (κ1) is 89.9. The zero-order chi connectivity index (χ0) is 89.9. The number of anilines is 3. The highest BCUT2D eigenvalue weighted by Gasteiger charge is 2.49. The fourth-order valence-electron chi connectivity index (χ4n) is 18.0. The summed E-state index contributed by atoms with van der Waals surface area (Å²) in [5.41, 5.74) is -0.537. The van der Waals surface area contributed by atoms with Crippen molar-refractivity contribution in [3.05, 3.63) is 169 Å². The van der Waals surface area contributed by atoms with E-state index in [1.165, 1.54) is 18.3 Å². The fourth-order valence-corrected chi connectivity index (χ4v) is 18.1. The molecule has 129 heavy (non-hydrogen) atoms. The molecule has 0 radical (unpaired) electrons. The number of piperazine rings is 3. The zero-order valence-electron chi connectivity index (χ0n) is 73.7. The molecule has 4 aromatic carbocycles. The van der Waals surface area contributed by atoms with Crippen molar-refractivity contribution in [3.63, 3.8) is 0 Å². The molecule has 37 heteroatoms. The SMILES string of the molecule is Cn1ccnc1CCOc1nc(N2CC3CCC(C2)N3C(=O)OC(C)(C)C)c2cnc(-c3cc(O)cc4ccccc34)c(F)c2n1.Cn1ccnc1CCOc1nc(N2CC3CCC(C2)N3C(=O)OC(C)(C)C)c2cnc(-c3cc(O)cc4ccccc34)c(F)c2n1.Cn1ccnc1CCOc1nc(N2CC3CCC(C2)N3C(=O)OC(C)(C)C)c2cnc(Cl)c(F)c2n1.I.[HH]. The van der Waals surface area contributed by atoms with Gasteiger partial charge in [0.2, 0.25) is 0 Å². The van der Waals surface area contributed by atoms with Crippen LogP contribution in [0.15, 0.2) is 129 Å². The third kappa shape index (κ3) is 19.2. The molecule has 6 unspecified atom stereocenters. The summed E-state index contributed by atoms with van der Waals surface area (Å²) in [7, 11) is 5.73. The molecular formula is C92H104ClF3IN21O11. The molecule has 0 aliphatic carbocycles. The molecule has 9 aromatic heterocycles. The number of phenols is 2. The Morgan fingerprint density at radius 1 is 0.419 bits per heavy atom. The summed E-state index contributed by atoms with van der Waals surface area (Å²) in [4.78, 5) is 105. The summed E-state index contributed by atoms with van der Waals surface area (Å²) in [5.74, 6) is 2.05. The lowest BCUT2D eigenvalue weighted by Crippen LogP contribution is -2.57. The number of carbonyl (C=O) groups excluding carboxylic acids is 3. The van der Waals surface area contributed by atoms with Crippen LogP contribution in [-0.2, 0) is 54.6 Å². The van der Waals surface area contributed by atoms with E-state index in [4.69, 9.17) is 50.0 Å². The third-order valence-corrected chi connectivity index (χ3v) is 23.9. The van der Waals surface area contributed by atoms with Crippen LogP contribution in [0.25, 0.3) is 76.8 Å². The number of aryl methyl sites for hydroxylation is 3. The first-order valence-corrected chi connectivity index (χ1v) is 43.3. The topological polar surface area (TPSA) is 336 Å². The Hall–Kier alpha value is -12.5. The Kier molecular flexibility index (Phi) is 25.5. The smallest absolute Gasteiger partial charge is 0.410 e. The highest BCUT2D eigenvalue weighted by Crippen LogP contribution is 2.45. The Labute approximate surface area is 765 Å². The maximum Gasteiger partial charge on any atom is 0.410 e. The van der Waals surface area contributed by atoms with E-state index in [2.05, 4.69) is 59.6 Å². The van der Waals surface area contributed by atoms with Crippen LogP contribution in [-0.4, -0.2) is 229 Å². The normalized spacial score (nSPS) is 18.4. The number of aromatic nitrogens is 15. The number of ether oxygens (including phenoxy) is 6. The number of fused-ring (bicyclic) bond motifs is 11. The van der Waals surface area contributed by atoms with Crippen molar-refractivity contribution in [2.24, 2.45) is 21.1 Å². The van der Waals surface area contributed by atoms with Gasteiger partial charge in [0.1, 0.15) is 91.2 Å². The van der Waals surface area contributed by atoms with Gasteiger partial charge in [-0.1, -0.05) is 60.1 Å². The Morgan fingerprint density at radius 3 is 1.01 bits per heavy atom. The lowest BCUT2D eigenvalue weighted by Gasteiger charge is -2.42. The van der Waals surface area contributed by atoms with Crippen LogP contribution in [0, 0.1) is 17.5 Å². The number of halogens is 5. The maximum absolute atomic E-state index is 16.6. The van der Waals surface area contributed by atoms with Crippen molar-refractivity contribution >= 4 is 126 Å². The molecule has 678 valence electrons. The number of hydrogen-bond acceptors (Lipinski definition) is 26. The van der Waals surface area contributed by atoms with Crippen LogP contribution in [0.1, 0.15) is 120 Å².